The number of aromatic nitrogens is 3. The van der Waals surface area contributed by atoms with E-state index in [0.717, 1.165) is 25.9 Å². The Bertz CT molecular complexity index is 1730. The van der Waals surface area contributed by atoms with Crippen LogP contribution in [0, 0.1) is 5.82 Å². The molecule has 3 aromatic carbocycles. The highest BCUT2D eigenvalue weighted by atomic mass is 19.4. The second-order valence-electron chi connectivity index (χ2n) is 11.1. The second-order valence-corrected chi connectivity index (χ2v) is 11.1. The van der Waals surface area contributed by atoms with Crippen molar-refractivity contribution in [2.24, 2.45) is 0 Å². The molecule has 5 aromatic rings. The summed E-state index contributed by atoms with van der Waals surface area (Å²) in [5.74, 6) is -0.405. The van der Waals surface area contributed by atoms with Gasteiger partial charge in [0, 0.05) is 53.7 Å². The summed E-state index contributed by atoms with van der Waals surface area (Å²) in [7, 11) is 3.88. The zero-order chi connectivity index (χ0) is 30.4. The van der Waals surface area contributed by atoms with Crippen molar-refractivity contribution in [3.63, 3.8) is 0 Å². The van der Waals surface area contributed by atoms with Crippen LogP contribution in [0.5, 0.6) is 0 Å². The van der Waals surface area contributed by atoms with Gasteiger partial charge >= 0.3 is 6.18 Å². The Labute approximate surface area is 246 Å². The maximum Gasteiger partial charge on any atom is 0.425 e. The van der Waals surface area contributed by atoms with Crippen LogP contribution in [0.4, 0.5) is 17.6 Å². The lowest BCUT2D eigenvalue weighted by Crippen LogP contribution is -2.43. The van der Waals surface area contributed by atoms with Crippen molar-refractivity contribution in [1.82, 2.24) is 29.9 Å². The van der Waals surface area contributed by atoms with Crippen LogP contribution < -0.4 is 10.6 Å². The average molecular weight is 595 g/mol. The molecule has 3 N–H and O–H groups in total. The lowest BCUT2D eigenvalue weighted by molar-refractivity contribution is -0.247. The molecule has 1 fully saturated rings. The van der Waals surface area contributed by atoms with Crippen LogP contribution in [0.1, 0.15) is 24.0 Å². The fourth-order valence-electron chi connectivity index (χ4n) is 6.34. The van der Waals surface area contributed by atoms with Crippen molar-refractivity contribution in [2.75, 3.05) is 27.2 Å². The molecule has 3 atom stereocenters. The number of alkyl halides is 3. The molecule has 1 saturated heterocycles. The van der Waals surface area contributed by atoms with Crippen LogP contribution >= 0.6 is 0 Å². The number of rotatable bonds is 9. The predicted molar refractivity (Wildman–Crippen MR) is 159 cm³/mol. The number of nitrogens with one attached hydrogen (secondary N) is 2. The molecule has 3 heterocycles. The Balaban J connectivity index is 1.35. The van der Waals surface area contributed by atoms with Gasteiger partial charge in [-0.05, 0) is 75.0 Å². The summed E-state index contributed by atoms with van der Waals surface area (Å²) in [5.41, 5.74) is -2.06. The van der Waals surface area contributed by atoms with Gasteiger partial charge in [-0.25, -0.2) is 9.07 Å². The van der Waals surface area contributed by atoms with E-state index in [1.807, 2.05) is 18.7 Å². The Morgan fingerprint density at radius 3 is 2.44 bits per heavy atom. The summed E-state index contributed by atoms with van der Waals surface area (Å²) >= 11 is 0. The summed E-state index contributed by atoms with van der Waals surface area (Å²) < 4.78 is 61.8. The molecule has 0 amide bonds. The summed E-state index contributed by atoms with van der Waals surface area (Å²) in [5, 5.41) is 23.4. The number of likely N-dealkylation sites (N-methyl/N-ethyl adjacent to an activating group) is 1. The van der Waals surface area contributed by atoms with Crippen molar-refractivity contribution >= 4 is 21.8 Å². The standard InChI is InChI=1S/C32H34F4N6O/c1-37-24-17-30(38-2)41(19-24)15-5-14-40-20-27(26-6-3-4-7-29(26)40)31(43,32(34,35)36)22-8-13-28-21(16-22)18-39-42(28)25-11-9-23(33)10-12-25/h3-4,6-13,16,18,20,24,30,37-38,43H,5,14-15,17,19H2,1-2H3. The summed E-state index contributed by atoms with van der Waals surface area (Å²) in [6.45, 7) is 2.17. The number of nitrogens with zero attached hydrogens (tertiary/aromatic N) is 4. The van der Waals surface area contributed by atoms with Crippen LogP contribution in [0.3, 0.4) is 0 Å². The second kappa shape index (κ2) is 11.4. The largest absolute Gasteiger partial charge is 0.425 e. The smallest absolute Gasteiger partial charge is 0.372 e. The molecule has 0 saturated carbocycles. The summed E-state index contributed by atoms with van der Waals surface area (Å²) in [6.07, 6.45) is -0.175. The van der Waals surface area contributed by atoms with Gasteiger partial charge in [-0.1, -0.05) is 24.3 Å². The topological polar surface area (TPSA) is 70.3 Å². The maximum atomic E-state index is 15.0. The highest BCUT2D eigenvalue weighted by Crippen LogP contribution is 2.47. The van der Waals surface area contributed by atoms with Gasteiger partial charge in [0.05, 0.1) is 23.6 Å². The van der Waals surface area contributed by atoms with E-state index in [1.54, 1.807) is 24.3 Å². The third kappa shape index (κ3) is 5.20. The van der Waals surface area contributed by atoms with E-state index < -0.39 is 17.6 Å². The van der Waals surface area contributed by atoms with E-state index in [4.69, 9.17) is 0 Å². The molecule has 0 bridgehead atoms. The average Bonchev–Trinajstić information content (AvgIpc) is 3.72. The Kier molecular flexibility index (Phi) is 7.76. The summed E-state index contributed by atoms with van der Waals surface area (Å²) in [4.78, 5) is 2.35. The van der Waals surface area contributed by atoms with Crippen molar-refractivity contribution in [3.8, 4) is 5.69 Å². The molecule has 0 aliphatic carbocycles. The normalized spacial score (nSPS) is 19.4. The van der Waals surface area contributed by atoms with Gasteiger partial charge in [0.25, 0.3) is 0 Å². The van der Waals surface area contributed by atoms with E-state index in [0.29, 0.717) is 40.1 Å². The van der Waals surface area contributed by atoms with Crippen molar-refractivity contribution in [1.29, 1.82) is 0 Å². The molecule has 0 radical (unpaired) electrons. The molecule has 43 heavy (non-hydrogen) atoms. The van der Waals surface area contributed by atoms with Gasteiger partial charge in [-0.2, -0.15) is 18.3 Å². The number of hydrogen-bond donors (Lipinski definition) is 3. The van der Waals surface area contributed by atoms with Gasteiger partial charge in [-0.3, -0.25) is 4.90 Å². The lowest BCUT2D eigenvalue weighted by atomic mass is 9.85. The van der Waals surface area contributed by atoms with Crippen LogP contribution in [0.15, 0.2) is 79.1 Å². The number of aliphatic hydroxyl groups is 1. The molecule has 7 nitrogen and oxygen atoms in total. The predicted octanol–water partition coefficient (Wildman–Crippen LogP) is 5.15. The molecular weight excluding hydrogens is 560 g/mol. The highest BCUT2D eigenvalue weighted by molar-refractivity contribution is 5.87. The van der Waals surface area contributed by atoms with Crippen molar-refractivity contribution < 1.29 is 22.7 Å². The SMILES string of the molecule is CNC1CC(NC)N(CCCn2cc(C(O)(c3ccc4c(cnn4-c4ccc(F)cc4)c3)C(F)(F)F)c3ccccc32)C1. The van der Waals surface area contributed by atoms with E-state index in [-0.39, 0.29) is 17.3 Å². The maximum absolute atomic E-state index is 15.0. The van der Waals surface area contributed by atoms with Crippen LogP contribution in [0.25, 0.3) is 27.5 Å². The fourth-order valence-corrected chi connectivity index (χ4v) is 6.34. The molecule has 1 aliphatic rings. The van der Waals surface area contributed by atoms with Gasteiger partial charge in [0.15, 0.2) is 0 Å². The molecule has 2 aromatic heterocycles. The quantitative estimate of drug-likeness (QED) is 0.206. The minimum atomic E-state index is -5.01. The summed E-state index contributed by atoms with van der Waals surface area (Å²) in [6, 6.07) is 17.0. The van der Waals surface area contributed by atoms with Crippen LogP contribution in [0.2, 0.25) is 0 Å². The zero-order valence-electron chi connectivity index (χ0n) is 23.9. The first-order valence-corrected chi connectivity index (χ1v) is 14.3. The Morgan fingerprint density at radius 1 is 0.953 bits per heavy atom. The van der Waals surface area contributed by atoms with Crippen molar-refractivity contribution in [2.45, 2.75) is 43.4 Å². The Morgan fingerprint density at radius 2 is 1.72 bits per heavy atom. The van der Waals surface area contributed by atoms with Gasteiger partial charge in [0.2, 0.25) is 5.60 Å². The number of fused-ring (bicyclic) bond motifs is 2. The lowest BCUT2D eigenvalue weighted by Gasteiger charge is -2.31. The molecule has 1 aliphatic heterocycles. The van der Waals surface area contributed by atoms with Crippen LogP contribution in [-0.2, 0) is 12.1 Å². The number of halogens is 4. The number of benzene rings is 3. The number of likely N-dealkylation sites (tertiary alicyclic amines) is 1. The van der Waals surface area contributed by atoms with E-state index in [9.17, 15) is 22.7 Å². The van der Waals surface area contributed by atoms with Gasteiger partial charge < -0.3 is 20.3 Å². The van der Waals surface area contributed by atoms with E-state index in [1.165, 1.54) is 59.5 Å². The first kappa shape index (κ1) is 29.3. The number of aryl methyl sites for hydroxylation is 1. The molecule has 3 unspecified atom stereocenters. The number of hydrogen-bond acceptors (Lipinski definition) is 5. The molecule has 11 heteroatoms. The Hall–Kier alpha value is -3.77. The third-order valence-corrected chi connectivity index (χ3v) is 8.63. The van der Waals surface area contributed by atoms with Crippen molar-refractivity contribution in [3.05, 3.63) is 96.1 Å². The first-order chi connectivity index (χ1) is 20.6. The molecular formula is C32H34F4N6O. The molecule has 6 rings (SSSR count). The van der Waals surface area contributed by atoms with Gasteiger partial charge in [0.1, 0.15) is 5.82 Å². The number of para-hydroxylation sites is 1. The van der Waals surface area contributed by atoms with Crippen LogP contribution in [-0.4, -0.2) is 69.9 Å². The first-order valence-electron chi connectivity index (χ1n) is 14.3. The zero-order valence-corrected chi connectivity index (χ0v) is 23.9. The third-order valence-electron chi connectivity index (χ3n) is 8.63. The fraction of sp³-hybridized carbons (Fsp3) is 0.344. The minimum Gasteiger partial charge on any atom is -0.372 e. The molecule has 0 spiro atoms. The monoisotopic (exact) mass is 594 g/mol. The van der Waals surface area contributed by atoms with Gasteiger partial charge in [-0.15, -0.1) is 0 Å². The minimum absolute atomic E-state index is 0.217. The molecule has 226 valence electrons. The van der Waals surface area contributed by atoms with E-state index >= 15 is 0 Å². The van der Waals surface area contributed by atoms with E-state index in [2.05, 4.69) is 20.6 Å². The highest BCUT2D eigenvalue weighted by Gasteiger charge is 2.57.